The van der Waals surface area contributed by atoms with E-state index in [9.17, 15) is 14.4 Å². The molecule has 0 aromatic carbocycles. The zero-order chi connectivity index (χ0) is 9.30. The predicted molar refractivity (Wildman–Crippen MR) is 38.8 cm³/mol. The van der Waals surface area contributed by atoms with Crippen molar-refractivity contribution in [3.05, 3.63) is 0 Å². The number of alkyl halides is 1. The van der Waals surface area contributed by atoms with Crippen LogP contribution in [0.15, 0.2) is 0 Å². The number of carboxylic acids is 1. The van der Waals surface area contributed by atoms with Crippen LogP contribution in [0.2, 0.25) is 0 Å². The molecule has 1 N–H and O–H groups in total. The van der Waals surface area contributed by atoms with Gasteiger partial charge in [-0.25, -0.2) is 14.9 Å². The van der Waals surface area contributed by atoms with Crippen molar-refractivity contribution in [2.75, 3.05) is 0 Å². The summed E-state index contributed by atoms with van der Waals surface area (Å²) in [5, 5.41) is 14.6. The Kier molecular flexibility index (Phi) is 2.32. The molecular formula is C5H3BrN2O4. The quantitative estimate of drug-likeness (QED) is 0.593. The molecule has 2 radical (unpaired) electrons. The number of carbonyl (C=O) groups excluding carboxylic acids is 2. The number of hydrogen-bond acceptors (Lipinski definition) is 3. The lowest BCUT2D eigenvalue weighted by Gasteiger charge is -2.19. The minimum absolute atomic E-state index is 0.803. The third kappa shape index (κ3) is 1.55. The van der Waals surface area contributed by atoms with E-state index in [1.807, 2.05) is 0 Å². The molecule has 2 atom stereocenters. The fourth-order valence-corrected chi connectivity index (χ4v) is 1.13. The first kappa shape index (κ1) is 8.98. The van der Waals surface area contributed by atoms with E-state index >= 15 is 0 Å². The smallest absolute Gasteiger partial charge is 0.366 e. The largest absolute Gasteiger partial charge is 0.480 e. The van der Waals surface area contributed by atoms with Gasteiger partial charge in [-0.2, -0.15) is 5.32 Å². The van der Waals surface area contributed by atoms with Crippen molar-refractivity contribution < 1.29 is 19.5 Å². The molecule has 0 aliphatic carbocycles. The number of nitrogens with zero attached hydrogens (tertiary/aromatic N) is 2. The highest BCUT2D eigenvalue weighted by molar-refractivity contribution is 9.10. The van der Waals surface area contributed by atoms with Crippen LogP contribution in [0.4, 0.5) is 4.79 Å². The molecule has 3 amide bonds. The molecule has 1 rings (SSSR count). The second kappa shape index (κ2) is 3.10. The van der Waals surface area contributed by atoms with Crippen molar-refractivity contribution in [3.63, 3.8) is 0 Å². The van der Waals surface area contributed by atoms with Gasteiger partial charge in [0.15, 0.2) is 6.04 Å². The van der Waals surface area contributed by atoms with Crippen LogP contribution in [0.5, 0.6) is 0 Å². The van der Waals surface area contributed by atoms with Crippen LogP contribution in [-0.2, 0) is 9.59 Å². The van der Waals surface area contributed by atoms with E-state index in [1.54, 1.807) is 0 Å². The van der Waals surface area contributed by atoms with E-state index in [2.05, 4.69) is 26.6 Å². The van der Waals surface area contributed by atoms with Gasteiger partial charge in [0.1, 0.15) is 4.83 Å². The van der Waals surface area contributed by atoms with Crippen LogP contribution < -0.4 is 10.6 Å². The molecule has 1 aliphatic rings. The summed E-state index contributed by atoms with van der Waals surface area (Å²) in [7, 11) is 0. The molecule has 64 valence electrons. The van der Waals surface area contributed by atoms with Gasteiger partial charge in [-0.1, -0.05) is 15.9 Å². The highest BCUT2D eigenvalue weighted by Crippen LogP contribution is 2.12. The van der Waals surface area contributed by atoms with Gasteiger partial charge in [0.05, 0.1) is 0 Å². The molecule has 6 nitrogen and oxygen atoms in total. The lowest BCUT2D eigenvalue weighted by molar-refractivity contribution is -0.141. The Bertz CT molecular complexity index is 254. The number of hydrogen-bond donors (Lipinski definition) is 1. The van der Waals surface area contributed by atoms with Gasteiger partial charge in [-0.15, -0.1) is 0 Å². The van der Waals surface area contributed by atoms with Crippen LogP contribution in [0.3, 0.4) is 0 Å². The maximum atomic E-state index is 10.8. The third-order valence-corrected chi connectivity index (χ3v) is 2.11. The summed E-state index contributed by atoms with van der Waals surface area (Å²) in [6.07, 6.45) is 0. The number of amides is 3. The Labute approximate surface area is 75.4 Å². The molecule has 0 saturated carbocycles. The lowest BCUT2D eigenvalue weighted by Crippen LogP contribution is -2.55. The Balaban J connectivity index is 2.79. The van der Waals surface area contributed by atoms with Crippen molar-refractivity contribution >= 4 is 33.8 Å². The predicted octanol–water partition coefficient (Wildman–Crippen LogP) is -0.928. The van der Waals surface area contributed by atoms with E-state index < -0.39 is 28.8 Å². The minimum Gasteiger partial charge on any atom is -0.480 e. The summed E-state index contributed by atoms with van der Waals surface area (Å²) in [5.41, 5.74) is 0. The molecule has 7 heteroatoms. The molecule has 0 aromatic heterocycles. The number of rotatable bonds is 1. The van der Waals surface area contributed by atoms with Gasteiger partial charge in [-0.05, 0) is 0 Å². The fourth-order valence-electron chi connectivity index (χ4n) is 0.685. The first-order chi connectivity index (χ1) is 5.52. The highest BCUT2D eigenvalue weighted by atomic mass is 79.9. The van der Waals surface area contributed by atoms with Crippen LogP contribution in [0, 0.1) is 0 Å². The zero-order valence-electron chi connectivity index (χ0n) is 5.60. The lowest BCUT2D eigenvalue weighted by atomic mass is 10.2. The van der Waals surface area contributed by atoms with Crippen LogP contribution in [-0.4, -0.2) is 33.9 Å². The fraction of sp³-hybridized carbons (Fsp3) is 0.400. The van der Waals surface area contributed by atoms with Crippen LogP contribution in [0.25, 0.3) is 0 Å². The van der Waals surface area contributed by atoms with Crippen molar-refractivity contribution in [2.24, 2.45) is 0 Å². The average molecular weight is 235 g/mol. The molecule has 1 fully saturated rings. The summed E-state index contributed by atoms with van der Waals surface area (Å²) in [6, 6.07) is -2.40. The molecule has 1 aliphatic heterocycles. The molecule has 12 heavy (non-hydrogen) atoms. The second-order valence-corrected chi connectivity index (χ2v) is 3.03. The monoisotopic (exact) mass is 234 g/mol. The van der Waals surface area contributed by atoms with Crippen molar-refractivity contribution in [2.45, 2.75) is 10.9 Å². The number of aliphatic carboxylic acids is 1. The summed E-state index contributed by atoms with van der Waals surface area (Å²) in [4.78, 5) is 30.6. The van der Waals surface area contributed by atoms with Gasteiger partial charge in [-0.3, -0.25) is 4.79 Å². The molecule has 0 aromatic rings. The summed E-state index contributed by atoms with van der Waals surface area (Å²) < 4.78 is 0. The SMILES string of the molecule is O=C1[N]C(=O)C(Br)C(C(=O)O)[N]1. The van der Waals surface area contributed by atoms with Gasteiger partial charge in [0, 0.05) is 0 Å². The van der Waals surface area contributed by atoms with Gasteiger partial charge < -0.3 is 5.11 Å². The van der Waals surface area contributed by atoms with E-state index in [1.165, 1.54) is 0 Å². The molecule has 2 unspecified atom stereocenters. The van der Waals surface area contributed by atoms with E-state index in [0.717, 1.165) is 0 Å². The summed E-state index contributed by atoms with van der Waals surface area (Å²) in [6.45, 7) is 0. The van der Waals surface area contributed by atoms with Gasteiger partial charge >= 0.3 is 12.0 Å². The topological polar surface area (TPSA) is 99.6 Å². The van der Waals surface area contributed by atoms with Crippen molar-refractivity contribution in [3.8, 4) is 0 Å². The number of imide groups is 1. The third-order valence-electron chi connectivity index (χ3n) is 1.22. The summed E-state index contributed by atoms with van der Waals surface area (Å²) >= 11 is 2.78. The van der Waals surface area contributed by atoms with Crippen molar-refractivity contribution in [1.29, 1.82) is 0 Å². The van der Waals surface area contributed by atoms with Gasteiger partial charge in [0.25, 0.3) is 5.91 Å². The van der Waals surface area contributed by atoms with E-state index in [4.69, 9.17) is 5.11 Å². The number of carbonyl (C=O) groups is 3. The zero-order valence-corrected chi connectivity index (χ0v) is 7.19. The Morgan fingerprint density at radius 3 is 2.58 bits per heavy atom. The number of urea groups is 1. The Morgan fingerprint density at radius 2 is 2.08 bits per heavy atom. The number of halogens is 1. The average Bonchev–Trinajstić information content (AvgIpc) is 1.96. The Morgan fingerprint density at radius 1 is 1.50 bits per heavy atom. The first-order valence-corrected chi connectivity index (χ1v) is 3.81. The van der Waals surface area contributed by atoms with Crippen molar-refractivity contribution in [1.82, 2.24) is 10.6 Å². The minimum atomic E-state index is -1.36. The molecule has 1 saturated heterocycles. The second-order valence-electron chi connectivity index (χ2n) is 2.05. The molecule has 0 spiro atoms. The Hall–Kier alpha value is -1.11. The normalized spacial score (nSPS) is 29.1. The van der Waals surface area contributed by atoms with E-state index in [-0.39, 0.29) is 0 Å². The first-order valence-electron chi connectivity index (χ1n) is 2.89. The van der Waals surface area contributed by atoms with E-state index in [0.29, 0.717) is 0 Å². The van der Waals surface area contributed by atoms with Crippen LogP contribution in [0.1, 0.15) is 0 Å². The highest BCUT2D eigenvalue weighted by Gasteiger charge is 2.41. The molecule has 1 heterocycles. The van der Waals surface area contributed by atoms with Crippen LogP contribution >= 0.6 is 15.9 Å². The number of carboxylic acid groups (broad SMARTS) is 1. The molecular weight excluding hydrogens is 232 g/mol. The molecule has 0 bridgehead atoms. The summed E-state index contributed by atoms with van der Waals surface area (Å²) in [5.74, 6) is -2.13. The standard InChI is InChI=1S/C5H3BrN2O4/c6-1-2(4(10)11)7-5(12)8-3(1)9/h1-2H,(H,10,11). The maximum absolute atomic E-state index is 10.8. The van der Waals surface area contributed by atoms with Gasteiger partial charge in [0.2, 0.25) is 0 Å². The maximum Gasteiger partial charge on any atom is 0.366 e.